The lowest BCUT2D eigenvalue weighted by Gasteiger charge is -2.13. The Kier molecular flexibility index (Phi) is 6.46. The molecular formula is C46H30N4. The van der Waals surface area contributed by atoms with Crippen molar-refractivity contribution in [2.45, 2.75) is 0 Å². The maximum atomic E-state index is 5.31. The summed E-state index contributed by atoms with van der Waals surface area (Å²) in [6.07, 6.45) is 0. The van der Waals surface area contributed by atoms with Crippen molar-refractivity contribution in [1.29, 1.82) is 0 Å². The van der Waals surface area contributed by atoms with Crippen molar-refractivity contribution in [3.05, 3.63) is 182 Å². The summed E-state index contributed by atoms with van der Waals surface area (Å²) in [5, 5.41) is 4.77. The van der Waals surface area contributed by atoms with E-state index in [1.807, 2.05) is 24.3 Å². The second-order valence-electron chi connectivity index (χ2n) is 12.6. The topological polar surface area (TPSA) is 35.6 Å². The Morgan fingerprint density at radius 1 is 0.360 bits per heavy atom. The van der Waals surface area contributed by atoms with Crippen molar-refractivity contribution in [2.24, 2.45) is 0 Å². The third kappa shape index (κ3) is 4.46. The van der Waals surface area contributed by atoms with Gasteiger partial charge in [0.1, 0.15) is 5.82 Å². The molecule has 234 valence electrons. The van der Waals surface area contributed by atoms with Gasteiger partial charge in [0, 0.05) is 44.4 Å². The van der Waals surface area contributed by atoms with Gasteiger partial charge in [-0.05, 0) is 41.5 Å². The second kappa shape index (κ2) is 11.4. The number of hydrogen-bond acceptors (Lipinski definition) is 2. The van der Waals surface area contributed by atoms with Crippen LogP contribution >= 0.6 is 0 Å². The fourth-order valence-corrected chi connectivity index (χ4v) is 7.50. The van der Waals surface area contributed by atoms with Crippen molar-refractivity contribution >= 4 is 43.6 Å². The van der Waals surface area contributed by atoms with E-state index in [-0.39, 0.29) is 0 Å². The smallest absolute Gasteiger partial charge is 0.162 e. The van der Waals surface area contributed by atoms with Crippen LogP contribution in [-0.4, -0.2) is 19.1 Å². The van der Waals surface area contributed by atoms with Gasteiger partial charge in [-0.1, -0.05) is 146 Å². The molecule has 0 fully saturated rings. The van der Waals surface area contributed by atoms with Crippen LogP contribution in [0.15, 0.2) is 182 Å². The maximum absolute atomic E-state index is 5.31. The molecule has 10 rings (SSSR count). The predicted molar refractivity (Wildman–Crippen MR) is 207 cm³/mol. The highest BCUT2D eigenvalue weighted by molar-refractivity contribution is 6.26. The zero-order valence-corrected chi connectivity index (χ0v) is 27.1. The summed E-state index contributed by atoms with van der Waals surface area (Å²) in [6.45, 7) is 0. The Bertz CT molecular complexity index is 2790. The van der Waals surface area contributed by atoms with E-state index in [0.29, 0.717) is 5.82 Å². The van der Waals surface area contributed by atoms with Gasteiger partial charge in [-0.25, -0.2) is 9.97 Å². The third-order valence-corrected chi connectivity index (χ3v) is 9.72. The van der Waals surface area contributed by atoms with Crippen LogP contribution in [0.5, 0.6) is 0 Å². The van der Waals surface area contributed by atoms with Gasteiger partial charge < -0.3 is 4.57 Å². The first-order chi connectivity index (χ1) is 24.8. The minimum atomic E-state index is 0.695. The minimum absolute atomic E-state index is 0.695. The number of hydrogen-bond donors (Lipinski definition) is 0. The lowest BCUT2D eigenvalue weighted by Crippen LogP contribution is -2.02. The van der Waals surface area contributed by atoms with Crippen LogP contribution in [0.2, 0.25) is 0 Å². The van der Waals surface area contributed by atoms with E-state index in [0.717, 1.165) is 50.4 Å². The average Bonchev–Trinajstić information content (AvgIpc) is 3.72. The Balaban J connectivity index is 1.32. The molecule has 3 heterocycles. The summed E-state index contributed by atoms with van der Waals surface area (Å²) in [5.41, 5.74) is 11.0. The molecule has 4 heteroatoms. The minimum Gasteiger partial charge on any atom is -0.309 e. The van der Waals surface area contributed by atoms with Gasteiger partial charge in [-0.2, -0.15) is 0 Å². The van der Waals surface area contributed by atoms with Gasteiger partial charge in [-0.3, -0.25) is 4.57 Å². The first-order valence-corrected chi connectivity index (χ1v) is 16.9. The molecule has 0 atom stereocenters. The van der Waals surface area contributed by atoms with Crippen LogP contribution in [0.1, 0.15) is 0 Å². The van der Waals surface area contributed by atoms with E-state index < -0.39 is 0 Å². The molecule has 3 aromatic heterocycles. The number of nitrogens with zero attached hydrogens (tertiary/aromatic N) is 4. The fraction of sp³-hybridized carbons (Fsp3) is 0. The van der Waals surface area contributed by atoms with Gasteiger partial charge in [0.25, 0.3) is 0 Å². The Hall–Kier alpha value is -6.78. The standard InChI is InChI=1S/C46H30N4/c1-4-15-31(16-5-1)34-21-14-22-35(29-34)49-41-26-13-11-24-38(41)44-42(49)28-27-37-36-23-10-12-25-40(36)50(45(37)44)43-30-39(32-17-6-2-7-18-32)47-46(48-43)33-19-8-3-9-20-33/h1-30H. The summed E-state index contributed by atoms with van der Waals surface area (Å²) in [4.78, 5) is 10.4. The van der Waals surface area contributed by atoms with Gasteiger partial charge in [0.15, 0.2) is 5.82 Å². The molecule has 4 nitrogen and oxygen atoms in total. The molecule has 0 aliphatic rings. The molecule has 10 aromatic rings. The zero-order valence-electron chi connectivity index (χ0n) is 27.1. The highest BCUT2D eigenvalue weighted by Crippen LogP contribution is 2.42. The number of fused-ring (bicyclic) bond motifs is 7. The highest BCUT2D eigenvalue weighted by Gasteiger charge is 2.22. The van der Waals surface area contributed by atoms with Crippen LogP contribution in [0.4, 0.5) is 0 Å². The fourth-order valence-electron chi connectivity index (χ4n) is 7.50. The third-order valence-electron chi connectivity index (χ3n) is 9.72. The highest BCUT2D eigenvalue weighted by atomic mass is 15.1. The summed E-state index contributed by atoms with van der Waals surface area (Å²) in [7, 11) is 0. The largest absolute Gasteiger partial charge is 0.309 e. The summed E-state index contributed by atoms with van der Waals surface area (Å²) < 4.78 is 4.76. The maximum Gasteiger partial charge on any atom is 0.162 e. The van der Waals surface area contributed by atoms with Crippen LogP contribution in [0.3, 0.4) is 0 Å². The SMILES string of the molecule is c1ccc(-c2cccc(-n3c4ccccc4c4c3ccc3c5ccccc5n(-c5cc(-c6ccccc6)nc(-c6ccccc6)n5)c34)c2)cc1. The van der Waals surface area contributed by atoms with E-state index in [1.54, 1.807) is 0 Å². The van der Waals surface area contributed by atoms with Crippen molar-refractivity contribution in [3.8, 4) is 45.3 Å². The quantitative estimate of drug-likeness (QED) is 0.188. The molecule has 0 amide bonds. The molecule has 0 unspecified atom stereocenters. The van der Waals surface area contributed by atoms with Crippen molar-refractivity contribution in [3.63, 3.8) is 0 Å². The van der Waals surface area contributed by atoms with Crippen molar-refractivity contribution in [1.82, 2.24) is 19.1 Å². The monoisotopic (exact) mass is 638 g/mol. The Morgan fingerprint density at radius 2 is 0.960 bits per heavy atom. The molecular weight excluding hydrogens is 609 g/mol. The van der Waals surface area contributed by atoms with Crippen molar-refractivity contribution < 1.29 is 0 Å². The summed E-state index contributed by atoms with van der Waals surface area (Å²) in [5.74, 6) is 1.53. The van der Waals surface area contributed by atoms with E-state index in [2.05, 4.69) is 167 Å². The molecule has 0 aliphatic heterocycles. The molecule has 0 saturated heterocycles. The van der Waals surface area contributed by atoms with E-state index in [4.69, 9.17) is 9.97 Å². The van der Waals surface area contributed by atoms with Crippen LogP contribution < -0.4 is 0 Å². The number of rotatable bonds is 5. The number of benzene rings is 7. The first kappa shape index (κ1) is 28.3. The number of aromatic nitrogens is 4. The van der Waals surface area contributed by atoms with Gasteiger partial charge in [0.05, 0.1) is 27.8 Å². The molecule has 0 spiro atoms. The predicted octanol–water partition coefficient (Wildman–Crippen LogP) is 11.7. The molecule has 0 N–H and O–H groups in total. The molecule has 0 bridgehead atoms. The average molecular weight is 639 g/mol. The number of para-hydroxylation sites is 2. The van der Waals surface area contributed by atoms with Crippen LogP contribution in [0.25, 0.3) is 88.9 Å². The van der Waals surface area contributed by atoms with E-state index in [1.165, 1.54) is 32.7 Å². The lowest BCUT2D eigenvalue weighted by atomic mass is 10.1. The second-order valence-corrected chi connectivity index (χ2v) is 12.6. The molecule has 50 heavy (non-hydrogen) atoms. The van der Waals surface area contributed by atoms with Crippen molar-refractivity contribution in [2.75, 3.05) is 0 Å². The van der Waals surface area contributed by atoms with Gasteiger partial charge in [-0.15, -0.1) is 0 Å². The first-order valence-electron chi connectivity index (χ1n) is 16.9. The molecule has 0 saturated carbocycles. The van der Waals surface area contributed by atoms with Crippen LogP contribution in [0, 0.1) is 0 Å². The molecule has 0 radical (unpaired) electrons. The summed E-state index contributed by atoms with van der Waals surface area (Å²) >= 11 is 0. The van der Waals surface area contributed by atoms with E-state index in [9.17, 15) is 0 Å². The van der Waals surface area contributed by atoms with Crippen LogP contribution in [-0.2, 0) is 0 Å². The van der Waals surface area contributed by atoms with E-state index >= 15 is 0 Å². The normalized spacial score (nSPS) is 11.6. The summed E-state index contributed by atoms with van der Waals surface area (Å²) in [6, 6.07) is 64.2. The zero-order chi connectivity index (χ0) is 33.0. The molecule has 0 aliphatic carbocycles. The van der Waals surface area contributed by atoms with Gasteiger partial charge in [0.2, 0.25) is 0 Å². The lowest BCUT2D eigenvalue weighted by molar-refractivity contribution is 1.05. The molecule has 7 aromatic carbocycles. The Labute approximate surface area is 289 Å². The Morgan fingerprint density at radius 3 is 1.70 bits per heavy atom. The van der Waals surface area contributed by atoms with Gasteiger partial charge >= 0.3 is 0 Å².